The van der Waals surface area contributed by atoms with Crippen LogP contribution in [0, 0.1) is 0 Å². The molecule has 1 saturated heterocycles. The maximum Gasteiger partial charge on any atom is 0.322 e. The minimum absolute atomic E-state index is 0.246. The number of carboxylic acid groups (broad SMARTS) is 1. The smallest absolute Gasteiger partial charge is 0.322 e. The van der Waals surface area contributed by atoms with Crippen LogP contribution in [0.2, 0.25) is 0 Å². The Morgan fingerprint density at radius 3 is 2.71 bits per heavy atom. The first-order valence-electron chi connectivity index (χ1n) is 12.8. The van der Waals surface area contributed by atoms with Crippen LogP contribution < -0.4 is 20.9 Å². The normalized spacial score (nSPS) is 17.4. The third-order valence-electron chi connectivity index (χ3n) is 6.78. The first kappa shape index (κ1) is 25.2. The zero-order valence-corrected chi connectivity index (χ0v) is 21.4. The van der Waals surface area contributed by atoms with E-state index < -0.39 is 12.0 Å². The van der Waals surface area contributed by atoms with Gasteiger partial charge in [-0.05, 0) is 64.5 Å². The van der Waals surface area contributed by atoms with Gasteiger partial charge in [0.25, 0.3) is 0 Å². The molecule has 0 aromatic carbocycles. The van der Waals surface area contributed by atoms with Gasteiger partial charge in [-0.3, -0.25) is 10.1 Å². The number of hydrogen-bond acceptors (Lipinski definition) is 8. The van der Waals surface area contributed by atoms with Crippen molar-refractivity contribution in [3.63, 3.8) is 0 Å². The molecule has 0 unspecified atom stereocenters. The number of piperidine rings is 1. The van der Waals surface area contributed by atoms with Crippen LogP contribution in [0.3, 0.4) is 0 Å². The molecule has 190 valence electrons. The van der Waals surface area contributed by atoms with Gasteiger partial charge in [-0.1, -0.05) is 13.0 Å². The Kier molecular flexibility index (Phi) is 7.74. The molecule has 1 atom stereocenters. The van der Waals surface area contributed by atoms with E-state index in [1.807, 2.05) is 20.8 Å². The number of nitrogens with one attached hydrogen (secondary N) is 3. The highest BCUT2D eigenvalue weighted by Gasteiger charge is 2.27. The van der Waals surface area contributed by atoms with Crippen molar-refractivity contribution in [1.82, 2.24) is 20.3 Å². The minimum Gasteiger partial charge on any atom is -0.480 e. The van der Waals surface area contributed by atoms with Gasteiger partial charge in [-0.15, -0.1) is 0 Å². The summed E-state index contributed by atoms with van der Waals surface area (Å²) in [7, 11) is 0. The molecule has 2 aliphatic rings. The van der Waals surface area contributed by atoms with E-state index >= 15 is 0 Å². The average Bonchev–Trinajstić information content (AvgIpc) is 2.85. The zero-order chi connectivity index (χ0) is 25.0. The minimum atomic E-state index is -0.882. The molecule has 2 aliphatic heterocycles. The number of fused-ring (bicyclic) bond motifs is 1. The Bertz CT molecular complexity index is 1030. The van der Waals surface area contributed by atoms with Crippen LogP contribution in [0.15, 0.2) is 18.5 Å². The number of hydrogen-bond donors (Lipinski definition) is 4. The predicted octanol–water partition coefficient (Wildman–Crippen LogP) is 3.43. The molecule has 0 saturated carbocycles. The van der Waals surface area contributed by atoms with Crippen LogP contribution in [0.5, 0.6) is 0 Å². The fourth-order valence-electron chi connectivity index (χ4n) is 5.03. The molecule has 9 heteroatoms. The Labute approximate surface area is 208 Å². The van der Waals surface area contributed by atoms with Gasteiger partial charge >= 0.3 is 5.97 Å². The number of anilines is 3. The highest BCUT2D eigenvalue weighted by molar-refractivity contribution is 5.74. The van der Waals surface area contributed by atoms with Gasteiger partial charge in [0, 0.05) is 48.9 Å². The number of aliphatic carboxylic acids is 1. The number of carbonyl (C=O) groups is 1. The maximum atomic E-state index is 11.7. The van der Waals surface area contributed by atoms with E-state index in [1.165, 1.54) is 17.7 Å². The van der Waals surface area contributed by atoms with E-state index in [0.717, 1.165) is 62.5 Å². The summed E-state index contributed by atoms with van der Waals surface area (Å²) < 4.78 is 0. The Morgan fingerprint density at radius 1 is 1.26 bits per heavy atom. The molecular weight excluding hydrogens is 442 g/mol. The number of pyridine rings is 1. The second-order valence-corrected chi connectivity index (χ2v) is 10.6. The van der Waals surface area contributed by atoms with Gasteiger partial charge in [0.15, 0.2) is 0 Å². The van der Waals surface area contributed by atoms with Crippen LogP contribution in [0.4, 0.5) is 17.5 Å². The molecule has 35 heavy (non-hydrogen) atoms. The molecule has 0 amide bonds. The average molecular weight is 482 g/mol. The largest absolute Gasteiger partial charge is 0.480 e. The van der Waals surface area contributed by atoms with E-state index in [0.29, 0.717) is 11.7 Å². The Morgan fingerprint density at radius 2 is 2.03 bits per heavy atom. The van der Waals surface area contributed by atoms with Crippen molar-refractivity contribution in [2.75, 3.05) is 41.7 Å². The lowest BCUT2D eigenvalue weighted by atomic mass is 9.92. The molecule has 0 aliphatic carbocycles. The number of aryl methyl sites for hydroxylation is 1. The van der Waals surface area contributed by atoms with E-state index in [2.05, 4.69) is 49.9 Å². The molecule has 9 nitrogen and oxygen atoms in total. The third-order valence-corrected chi connectivity index (χ3v) is 6.78. The molecule has 2 aromatic heterocycles. The van der Waals surface area contributed by atoms with Crippen molar-refractivity contribution in [3.8, 4) is 0 Å². The van der Waals surface area contributed by atoms with E-state index in [-0.39, 0.29) is 12.1 Å². The van der Waals surface area contributed by atoms with Crippen molar-refractivity contribution in [2.45, 2.75) is 77.3 Å². The Balaban J connectivity index is 1.42. The molecular formula is C26H39N7O2. The first-order valence-corrected chi connectivity index (χ1v) is 12.8. The van der Waals surface area contributed by atoms with Gasteiger partial charge in [0.1, 0.15) is 29.8 Å². The van der Waals surface area contributed by atoms with Gasteiger partial charge in [0.2, 0.25) is 0 Å². The summed E-state index contributed by atoms with van der Waals surface area (Å²) in [5.74, 6) is 2.29. The summed E-state index contributed by atoms with van der Waals surface area (Å²) in [5, 5.41) is 19.5. The zero-order valence-electron chi connectivity index (χ0n) is 21.4. The van der Waals surface area contributed by atoms with Crippen molar-refractivity contribution in [3.05, 3.63) is 35.3 Å². The molecule has 1 fully saturated rings. The number of aromatic nitrogens is 3. The fourth-order valence-corrected chi connectivity index (χ4v) is 5.03. The lowest BCUT2D eigenvalue weighted by Crippen LogP contribution is -2.51. The lowest BCUT2D eigenvalue weighted by Gasteiger charge is -2.34. The molecule has 4 rings (SSSR count). The topological polar surface area (TPSA) is 115 Å². The van der Waals surface area contributed by atoms with Crippen LogP contribution in [0.1, 0.15) is 69.7 Å². The second-order valence-electron chi connectivity index (χ2n) is 10.6. The van der Waals surface area contributed by atoms with Crippen LogP contribution >= 0.6 is 0 Å². The quantitative estimate of drug-likeness (QED) is 0.450. The number of carboxylic acids is 1. The maximum absolute atomic E-state index is 11.7. The van der Waals surface area contributed by atoms with Gasteiger partial charge in [-0.2, -0.15) is 0 Å². The first-order chi connectivity index (χ1) is 16.7. The number of rotatable bonds is 8. The van der Waals surface area contributed by atoms with Crippen LogP contribution in [0.25, 0.3) is 0 Å². The van der Waals surface area contributed by atoms with E-state index in [1.54, 1.807) is 6.33 Å². The molecule has 0 radical (unpaired) electrons. The lowest BCUT2D eigenvalue weighted by molar-refractivity contribution is -0.139. The summed E-state index contributed by atoms with van der Waals surface area (Å²) in [4.78, 5) is 28.1. The highest BCUT2D eigenvalue weighted by atomic mass is 16.4. The summed E-state index contributed by atoms with van der Waals surface area (Å²) in [6.07, 6.45) is 6.67. The van der Waals surface area contributed by atoms with Gasteiger partial charge < -0.3 is 20.6 Å². The monoisotopic (exact) mass is 481 g/mol. The highest BCUT2D eigenvalue weighted by Crippen LogP contribution is 2.33. The van der Waals surface area contributed by atoms with Gasteiger partial charge in [0.05, 0.1) is 0 Å². The second kappa shape index (κ2) is 10.8. The van der Waals surface area contributed by atoms with E-state index in [9.17, 15) is 9.90 Å². The van der Waals surface area contributed by atoms with Crippen molar-refractivity contribution < 1.29 is 9.90 Å². The summed E-state index contributed by atoms with van der Waals surface area (Å²) in [6.45, 7) is 11.0. The Hall–Kier alpha value is -2.94. The third kappa shape index (κ3) is 6.20. The molecule has 4 N–H and O–H groups in total. The number of nitrogens with zero attached hydrogens (tertiary/aromatic N) is 4. The summed E-state index contributed by atoms with van der Waals surface area (Å²) >= 11 is 0. The summed E-state index contributed by atoms with van der Waals surface area (Å²) in [5.41, 5.74) is 3.24. The van der Waals surface area contributed by atoms with E-state index in [4.69, 9.17) is 4.98 Å². The van der Waals surface area contributed by atoms with Crippen LogP contribution in [-0.2, 0) is 17.6 Å². The standard InChI is InChI=1S/C26H39N7O2/c1-5-19-23(28-15-21(25(34)35)32-26(2,3)4)29-16-30-24(19)33-13-10-17(11-14-33)20-9-8-18-7-6-12-27-22(18)31-20/h8-9,16-17,21,32H,5-7,10-15H2,1-4H3,(H,27,31)(H,34,35)(H,28,29,30)/t21-/m0/s1. The predicted molar refractivity (Wildman–Crippen MR) is 139 cm³/mol. The molecule has 0 bridgehead atoms. The van der Waals surface area contributed by atoms with Gasteiger partial charge in [-0.25, -0.2) is 15.0 Å². The van der Waals surface area contributed by atoms with Crippen molar-refractivity contribution >= 4 is 23.4 Å². The van der Waals surface area contributed by atoms with Crippen LogP contribution in [-0.4, -0.2) is 63.8 Å². The van der Waals surface area contributed by atoms with Crippen molar-refractivity contribution in [2.24, 2.45) is 0 Å². The summed E-state index contributed by atoms with van der Waals surface area (Å²) in [6, 6.07) is 3.74. The molecule has 2 aromatic rings. The molecule has 0 spiro atoms. The fraction of sp³-hybridized carbons (Fsp3) is 0.615. The van der Waals surface area contributed by atoms with Crippen molar-refractivity contribution in [1.29, 1.82) is 0 Å². The molecule has 4 heterocycles. The SMILES string of the molecule is CCc1c(NC[C@H](NC(C)(C)C)C(=O)O)ncnc1N1CCC(c2ccc3c(n2)NCCC3)CC1.